The first-order valence-electron chi connectivity index (χ1n) is 13.5. The van der Waals surface area contributed by atoms with E-state index >= 15 is 0 Å². The monoisotopic (exact) mass is 617 g/mol. The summed E-state index contributed by atoms with van der Waals surface area (Å²) in [6.45, 7) is 2.24. The first kappa shape index (κ1) is 29.6. The summed E-state index contributed by atoms with van der Waals surface area (Å²) in [5.74, 6) is -1.82. The lowest BCUT2D eigenvalue weighted by atomic mass is 9.89. The van der Waals surface area contributed by atoms with Crippen LogP contribution in [0.15, 0.2) is 66.9 Å². The largest absolute Gasteiger partial charge is 0.481 e. The highest BCUT2D eigenvalue weighted by Gasteiger charge is 2.47. The number of aliphatic carboxylic acids is 1. The van der Waals surface area contributed by atoms with E-state index in [9.17, 15) is 19.1 Å². The number of anilines is 1. The van der Waals surface area contributed by atoms with E-state index in [0.29, 0.717) is 27.3 Å². The summed E-state index contributed by atoms with van der Waals surface area (Å²) in [4.78, 5) is 32.0. The van der Waals surface area contributed by atoms with Gasteiger partial charge in [-0.3, -0.25) is 13.9 Å². The molecular formula is C30H30Cl2FN3O4S. The van der Waals surface area contributed by atoms with Crippen molar-refractivity contribution in [2.45, 2.75) is 62.1 Å². The fourth-order valence-electron chi connectivity index (χ4n) is 5.10. The molecular weight excluding hydrogens is 588 g/mol. The quantitative estimate of drug-likeness (QED) is 0.230. The third-order valence-corrected chi connectivity index (χ3v) is 9.03. The highest BCUT2D eigenvalue weighted by Crippen LogP contribution is 2.46. The minimum Gasteiger partial charge on any atom is -0.481 e. The minimum atomic E-state index is -1.22. The van der Waals surface area contributed by atoms with Crippen LogP contribution < -0.4 is 4.31 Å². The Kier molecular flexibility index (Phi) is 9.38. The summed E-state index contributed by atoms with van der Waals surface area (Å²) in [7, 11) is 0. The Balaban J connectivity index is 1.60. The number of carboxylic acid groups (broad SMARTS) is 1. The van der Waals surface area contributed by atoms with E-state index < -0.39 is 48.4 Å². The van der Waals surface area contributed by atoms with Gasteiger partial charge in [-0.25, -0.2) is 9.37 Å². The highest BCUT2D eigenvalue weighted by molar-refractivity contribution is 8.01. The van der Waals surface area contributed by atoms with Crippen LogP contribution in [0, 0.1) is 5.82 Å². The van der Waals surface area contributed by atoms with Gasteiger partial charge in [-0.1, -0.05) is 54.4 Å². The molecule has 1 saturated carbocycles. The number of aromatic nitrogens is 1. The van der Waals surface area contributed by atoms with Gasteiger partial charge in [0.05, 0.1) is 25.0 Å². The van der Waals surface area contributed by atoms with Gasteiger partial charge >= 0.3 is 5.97 Å². The lowest BCUT2D eigenvalue weighted by Crippen LogP contribution is -2.57. The van der Waals surface area contributed by atoms with Crippen LogP contribution in [-0.4, -0.2) is 50.8 Å². The zero-order valence-corrected chi connectivity index (χ0v) is 24.7. The number of carbonyl (C=O) groups is 2. The van der Waals surface area contributed by atoms with Gasteiger partial charge in [0.15, 0.2) is 11.6 Å². The molecule has 11 heteroatoms. The van der Waals surface area contributed by atoms with Crippen molar-refractivity contribution in [3.8, 4) is 0 Å². The van der Waals surface area contributed by atoms with Gasteiger partial charge in [0.1, 0.15) is 12.2 Å². The minimum absolute atomic E-state index is 0.208. The molecule has 1 aromatic heterocycles. The van der Waals surface area contributed by atoms with Crippen LogP contribution in [0.25, 0.3) is 0 Å². The molecule has 1 amide bonds. The second-order valence-electron chi connectivity index (χ2n) is 10.2. The number of carbonyl (C=O) groups excluding carboxylic acids is 1. The molecule has 0 spiro atoms. The van der Waals surface area contributed by atoms with Crippen LogP contribution in [0.5, 0.6) is 0 Å². The van der Waals surface area contributed by atoms with E-state index in [-0.39, 0.29) is 12.4 Å². The fourth-order valence-corrected chi connectivity index (χ4v) is 6.62. The molecule has 0 radical (unpaired) electrons. The Bertz CT molecular complexity index is 1390. The zero-order valence-electron chi connectivity index (χ0n) is 22.3. The molecule has 216 valence electrons. The average molecular weight is 619 g/mol. The van der Waals surface area contributed by atoms with Crippen molar-refractivity contribution in [3.63, 3.8) is 0 Å². The van der Waals surface area contributed by atoms with Crippen LogP contribution >= 0.6 is 35.1 Å². The number of morpholine rings is 1. The normalized spacial score (nSPS) is 21.5. The molecule has 41 heavy (non-hydrogen) atoms. The topological polar surface area (TPSA) is 83.0 Å². The summed E-state index contributed by atoms with van der Waals surface area (Å²) in [6, 6.07) is 16.2. The Morgan fingerprint density at radius 3 is 2.54 bits per heavy atom. The van der Waals surface area contributed by atoms with Crippen molar-refractivity contribution in [3.05, 3.63) is 93.8 Å². The summed E-state index contributed by atoms with van der Waals surface area (Å²) < 4.78 is 23.1. The SMILES string of the molecule is CCC(CN(SC1CC1)c1ncccc1F)N1C(=O)C(CC(=O)O)OC(c2cccc(Cl)c2)C1c1ccc(Cl)cc1. The highest BCUT2D eigenvalue weighted by atomic mass is 35.5. The van der Waals surface area contributed by atoms with Gasteiger partial charge in [0.25, 0.3) is 5.91 Å². The number of pyridine rings is 1. The van der Waals surface area contributed by atoms with Crippen LogP contribution in [-0.2, 0) is 14.3 Å². The molecule has 7 nitrogen and oxygen atoms in total. The molecule has 2 fully saturated rings. The van der Waals surface area contributed by atoms with Gasteiger partial charge < -0.3 is 14.7 Å². The average Bonchev–Trinajstić information content (AvgIpc) is 3.77. The maximum atomic E-state index is 15.0. The number of amides is 1. The molecule has 2 heterocycles. The number of rotatable bonds is 11. The van der Waals surface area contributed by atoms with Crippen molar-refractivity contribution in [1.82, 2.24) is 9.88 Å². The maximum Gasteiger partial charge on any atom is 0.306 e. The summed E-state index contributed by atoms with van der Waals surface area (Å²) in [5.41, 5.74) is 1.48. The van der Waals surface area contributed by atoms with Crippen molar-refractivity contribution < 1.29 is 23.8 Å². The standard InChI is InChI=1S/C30H30Cl2FN3O4S/c1-2-22(17-35(41-23-12-13-23)29-24(33)7-4-14-34-29)36-27(18-8-10-20(31)11-9-18)28(19-5-3-6-21(32)15-19)40-25(30(36)39)16-26(37)38/h3-11,14-15,22-23,25,27-28H,2,12-13,16-17H2,1H3,(H,37,38). The first-order chi connectivity index (χ1) is 19.7. The zero-order chi connectivity index (χ0) is 29.1. The van der Waals surface area contributed by atoms with E-state index in [2.05, 4.69) is 4.98 Å². The van der Waals surface area contributed by atoms with E-state index in [0.717, 1.165) is 18.4 Å². The molecule has 1 N–H and O–H groups in total. The Morgan fingerprint density at radius 2 is 1.90 bits per heavy atom. The van der Waals surface area contributed by atoms with Gasteiger partial charge in [-0.15, -0.1) is 0 Å². The number of benzene rings is 2. The van der Waals surface area contributed by atoms with E-state index in [1.54, 1.807) is 47.5 Å². The van der Waals surface area contributed by atoms with Crippen molar-refractivity contribution in [2.24, 2.45) is 0 Å². The van der Waals surface area contributed by atoms with Crippen molar-refractivity contribution >= 4 is 52.8 Å². The van der Waals surface area contributed by atoms with Gasteiger partial charge in [-0.2, -0.15) is 0 Å². The molecule has 3 aromatic rings. The Labute approximate surface area is 252 Å². The summed E-state index contributed by atoms with van der Waals surface area (Å²) >= 11 is 14.1. The smallest absolute Gasteiger partial charge is 0.306 e. The second kappa shape index (κ2) is 13.0. The maximum absolute atomic E-state index is 15.0. The predicted molar refractivity (Wildman–Crippen MR) is 159 cm³/mol. The number of hydrogen-bond acceptors (Lipinski definition) is 6. The van der Waals surface area contributed by atoms with E-state index in [1.165, 1.54) is 18.0 Å². The third kappa shape index (κ3) is 6.97. The molecule has 2 aromatic carbocycles. The summed E-state index contributed by atoms with van der Waals surface area (Å²) in [6.07, 6.45) is 1.68. The van der Waals surface area contributed by atoms with Crippen LogP contribution in [0.1, 0.15) is 55.9 Å². The van der Waals surface area contributed by atoms with Gasteiger partial charge in [0, 0.05) is 21.5 Å². The molecule has 0 bridgehead atoms. The fraction of sp³-hybridized carbons (Fsp3) is 0.367. The lowest BCUT2D eigenvalue weighted by molar-refractivity contribution is -0.183. The number of nitrogens with zero attached hydrogens (tertiary/aromatic N) is 3. The molecule has 4 atom stereocenters. The van der Waals surface area contributed by atoms with Gasteiger partial charge in [-0.05, 0) is 78.7 Å². The number of hydrogen-bond donors (Lipinski definition) is 1. The predicted octanol–water partition coefficient (Wildman–Crippen LogP) is 7.11. The van der Waals surface area contributed by atoms with Crippen molar-refractivity contribution in [1.29, 1.82) is 0 Å². The Hall–Kier alpha value is -2.85. The molecule has 2 aliphatic rings. The van der Waals surface area contributed by atoms with Crippen molar-refractivity contribution in [2.75, 3.05) is 10.8 Å². The molecule has 4 unspecified atom stereocenters. The van der Waals surface area contributed by atoms with Gasteiger partial charge in [0.2, 0.25) is 0 Å². The van der Waals surface area contributed by atoms with Crippen LogP contribution in [0.3, 0.4) is 0 Å². The number of carboxylic acids is 1. The first-order valence-corrected chi connectivity index (χ1v) is 15.1. The number of ether oxygens (including phenoxy) is 1. The third-order valence-electron chi connectivity index (χ3n) is 7.19. The number of halogens is 3. The van der Waals surface area contributed by atoms with E-state index in [4.69, 9.17) is 27.9 Å². The molecule has 1 aliphatic heterocycles. The molecule has 1 aliphatic carbocycles. The van der Waals surface area contributed by atoms with Crippen LogP contribution in [0.4, 0.5) is 10.2 Å². The Morgan fingerprint density at radius 1 is 1.15 bits per heavy atom. The van der Waals surface area contributed by atoms with Crippen LogP contribution in [0.2, 0.25) is 10.0 Å². The second-order valence-corrected chi connectivity index (χ2v) is 12.4. The molecule has 1 saturated heterocycles. The lowest BCUT2D eigenvalue weighted by Gasteiger charge is -2.48. The molecule has 5 rings (SSSR count). The van der Waals surface area contributed by atoms with E-state index in [1.807, 2.05) is 29.4 Å². The summed E-state index contributed by atoms with van der Waals surface area (Å²) in [5, 5.41) is 11.0.